The lowest BCUT2D eigenvalue weighted by Gasteiger charge is -2.19. The normalized spacial score (nSPS) is 12.4. The average Bonchev–Trinajstić information content (AvgIpc) is 2.41. The number of benzene rings is 1. The van der Waals surface area contributed by atoms with E-state index in [9.17, 15) is 0 Å². The summed E-state index contributed by atoms with van der Waals surface area (Å²) in [5.74, 6) is 0. The van der Waals surface area contributed by atoms with Crippen molar-refractivity contribution in [3.63, 3.8) is 0 Å². The van der Waals surface area contributed by atoms with E-state index in [2.05, 4.69) is 70.1 Å². The summed E-state index contributed by atoms with van der Waals surface area (Å²) >= 11 is 2.43. The van der Waals surface area contributed by atoms with Gasteiger partial charge in [-0.2, -0.15) is 0 Å². The molecule has 2 nitrogen and oxygen atoms in total. The van der Waals surface area contributed by atoms with Gasteiger partial charge in [0.05, 0.1) is 0 Å². The molecule has 1 aromatic heterocycles. The molecule has 0 aliphatic carbocycles. The maximum Gasteiger partial charge on any atom is 0.0369 e. The Morgan fingerprint density at radius 3 is 2.61 bits per heavy atom. The largest absolute Gasteiger partial charge is 0.313 e. The van der Waals surface area contributed by atoms with Crippen molar-refractivity contribution in [2.24, 2.45) is 0 Å². The van der Waals surface area contributed by atoms with Crippen molar-refractivity contribution >= 4 is 22.6 Å². The van der Waals surface area contributed by atoms with Gasteiger partial charge in [0, 0.05) is 22.0 Å². The Hall–Kier alpha value is -0.940. The topological polar surface area (TPSA) is 24.9 Å². The van der Waals surface area contributed by atoms with E-state index in [0.717, 1.165) is 6.42 Å². The zero-order valence-electron chi connectivity index (χ0n) is 10.7. The second-order valence-corrected chi connectivity index (χ2v) is 5.46. The first-order valence-electron chi connectivity index (χ1n) is 6.03. The molecule has 1 N–H and O–H groups in total. The Morgan fingerprint density at radius 2 is 1.94 bits per heavy atom. The van der Waals surface area contributed by atoms with E-state index in [1.54, 1.807) is 0 Å². The molecule has 0 spiro atoms. The summed E-state index contributed by atoms with van der Waals surface area (Å²) < 4.78 is 1.35. The van der Waals surface area contributed by atoms with Crippen LogP contribution in [0.25, 0.3) is 0 Å². The molecule has 0 fully saturated rings. The van der Waals surface area contributed by atoms with Crippen LogP contribution in [-0.2, 0) is 6.42 Å². The van der Waals surface area contributed by atoms with Crippen molar-refractivity contribution < 1.29 is 0 Å². The standard InChI is InChI=1S/C15H17IN2/c1-11-4-3-5-13(15(11)16)14(17-2)10-12-6-8-18-9-7-12/h3-9,14,17H,10H2,1-2H3. The molecule has 0 amide bonds. The molecular formula is C15H17IN2. The molecule has 2 rings (SSSR count). The summed E-state index contributed by atoms with van der Waals surface area (Å²) in [4.78, 5) is 4.06. The third-order valence-corrected chi connectivity index (χ3v) is 4.61. The molecule has 0 radical (unpaired) electrons. The van der Waals surface area contributed by atoms with Gasteiger partial charge >= 0.3 is 0 Å². The quantitative estimate of drug-likeness (QED) is 0.852. The Bertz CT molecular complexity index is 511. The number of pyridine rings is 1. The summed E-state index contributed by atoms with van der Waals surface area (Å²) in [6.07, 6.45) is 4.69. The minimum Gasteiger partial charge on any atom is -0.313 e. The predicted molar refractivity (Wildman–Crippen MR) is 83.6 cm³/mol. The third-order valence-electron chi connectivity index (χ3n) is 3.13. The fraction of sp³-hybridized carbons (Fsp3) is 0.267. The minimum absolute atomic E-state index is 0.346. The van der Waals surface area contributed by atoms with Gasteiger partial charge in [0.15, 0.2) is 0 Å². The Labute approximate surface area is 122 Å². The molecule has 2 aromatic rings. The fourth-order valence-corrected chi connectivity index (χ4v) is 2.80. The maximum absolute atomic E-state index is 4.06. The van der Waals surface area contributed by atoms with Crippen molar-refractivity contribution in [3.05, 3.63) is 63.0 Å². The number of nitrogens with one attached hydrogen (secondary N) is 1. The highest BCUT2D eigenvalue weighted by atomic mass is 127. The summed E-state index contributed by atoms with van der Waals surface area (Å²) in [5, 5.41) is 3.41. The molecule has 1 aromatic carbocycles. The highest BCUT2D eigenvalue weighted by Gasteiger charge is 2.14. The second kappa shape index (κ2) is 6.29. The number of nitrogens with zero attached hydrogens (tertiary/aromatic N) is 1. The Morgan fingerprint density at radius 1 is 1.22 bits per heavy atom. The first kappa shape index (κ1) is 13.5. The molecular weight excluding hydrogens is 335 g/mol. The van der Waals surface area contributed by atoms with E-state index in [4.69, 9.17) is 0 Å². The summed E-state index contributed by atoms with van der Waals surface area (Å²) in [6, 6.07) is 11.0. The number of likely N-dealkylation sites (N-methyl/N-ethyl adjacent to an activating group) is 1. The maximum atomic E-state index is 4.06. The molecule has 3 heteroatoms. The Kier molecular flexibility index (Phi) is 4.72. The van der Waals surface area contributed by atoms with Gasteiger partial charge in [-0.25, -0.2) is 0 Å². The number of hydrogen-bond donors (Lipinski definition) is 1. The number of aromatic nitrogens is 1. The van der Waals surface area contributed by atoms with Crippen LogP contribution in [0.5, 0.6) is 0 Å². The van der Waals surface area contributed by atoms with Crippen molar-refractivity contribution in [1.82, 2.24) is 10.3 Å². The molecule has 1 heterocycles. The van der Waals surface area contributed by atoms with Crippen molar-refractivity contribution in [2.75, 3.05) is 7.05 Å². The first-order chi connectivity index (χ1) is 8.72. The smallest absolute Gasteiger partial charge is 0.0369 e. The molecule has 0 saturated carbocycles. The number of rotatable bonds is 4. The zero-order valence-corrected chi connectivity index (χ0v) is 12.8. The van der Waals surface area contributed by atoms with Crippen molar-refractivity contribution in [2.45, 2.75) is 19.4 Å². The molecule has 0 aliphatic heterocycles. The van der Waals surface area contributed by atoms with Gasteiger partial charge in [-0.3, -0.25) is 4.98 Å². The summed E-state index contributed by atoms with van der Waals surface area (Å²) in [7, 11) is 2.02. The van der Waals surface area contributed by atoms with Gasteiger partial charge in [-0.15, -0.1) is 0 Å². The zero-order chi connectivity index (χ0) is 13.0. The number of aryl methyl sites for hydroxylation is 1. The van der Waals surface area contributed by atoms with Crippen LogP contribution >= 0.6 is 22.6 Å². The van der Waals surface area contributed by atoms with Crippen LogP contribution in [0, 0.1) is 10.5 Å². The van der Waals surface area contributed by atoms with Gasteiger partial charge in [0.2, 0.25) is 0 Å². The molecule has 1 unspecified atom stereocenters. The lowest BCUT2D eigenvalue weighted by molar-refractivity contribution is 0.588. The minimum atomic E-state index is 0.346. The first-order valence-corrected chi connectivity index (χ1v) is 7.11. The summed E-state index contributed by atoms with van der Waals surface area (Å²) in [5.41, 5.74) is 4.01. The SMILES string of the molecule is CNC(Cc1ccncc1)c1cccc(C)c1I. The van der Waals surface area contributed by atoms with Gasteiger partial charge < -0.3 is 5.32 Å². The second-order valence-electron chi connectivity index (χ2n) is 4.38. The number of halogens is 1. The van der Waals surface area contributed by atoms with Gasteiger partial charge in [-0.1, -0.05) is 18.2 Å². The molecule has 0 bridgehead atoms. The van der Waals surface area contributed by atoms with Crippen LogP contribution < -0.4 is 5.32 Å². The third kappa shape index (κ3) is 3.09. The van der Waals surface area contributed by atoms with Gasteiger partial charge in [-0.05, 0) is 71.8 Å². The van der Waals surface area contributed by atoms with E-state index in [1.165, 1.54) is 20.3 Å². The van der Waals surface area contributed by atoms with Crippen LogP contribution in [0.1, 0.15) is 22.7 Å². The average molecular weight is 352 g/mol. The van der Waals surface area contributed by atoms with E-state index >= 15 is 0 Å². The van der Waals surface area contributed by atoms with E-state index < -0.39 is 0 Å². The van der Waals surface area contributed by atoms with Crippen LogP contribution in [0.15, 0.2) is 42.7 Å². The molecule has 18 heavy (non-hydrogen) atoms. The number of hydrogen-bond acceptors (Lipinski definition) is 2. The summed E-state index contributed by atoms with van der Waals surface area (Å²) in [6.45, 7) is 2.16. The highest BCUT2D eigenvalue weighted by molar-refractivity contribution is 14.1. The monoisotopic (exact) mass is 352 g/mol. The van der Waals surface area contributed by atoms with Gasteiger partial charge in [0.25, 0.3) is 0 Å². The molecule has 0 aliphatic rings. The van der Waals surface area contributed by atoms with Crippen LogP contribution in [-0.4, -0.2) is 12.0 Å². The van der Waals surface area contributed by atoms with Crippen LogP contribution in [0.3, 0.4) is 0 Å². The lowest BCUT2D eigenvalue weighted by atomic mass is 9.98. The Balaban J connectivity index is 2.26. The molecule has 0 saturated heterocycles. The molecule has 1 atom stereocenters. The highest BCUT2D eigenvalue weighted by Crippen LogP contribution is 2.25. The van der Waals surface area contributed by atoms with Crippen molar-refractivity contribution in [3.8, 4) is 0 Å². The van der Waals surface area contributed by atoms with Crippen molar-refractivity contribution in [1.29, 1.82) is 0 Å². The molecule has 94 valence electrons. The lowest BCUT2D eigenvalue weighted by Crippen LogP contribution is -2.20. The van der Waals surface area contributed by atoms with Crippen LogP contribution in [0.2, 0.25) is 0 Å². The fourth-order valence-electron chi connectivity index (χ4n) is 2.06. The predicted octanol–water partition coefficient (Wildman–Crippen LogP) is 3.50. The van der Waals surface area contributed by atoms with Gasteiger partial charge in [0.1, 0.15) is 0 Å². The van der Waals surface area contributed by atoms with E-state index in [-0.39, 0.29) is 0 Å². The van der Waals surface area contributed by atoms with E-state index in [0.29, 0.717) is 6.04 Å². The van der Waals surface area contributed by atoms with Crippen LogP contribution in [0.4, 0.5) is 0 Å². The van der Waals surface area contributed by atoms with E-state index in [1.807, 2.05) is 19.4 Å².